The molecule has 394 valence electrons. The van der Waals surface area contributed by atoms with Gasteiger partial charge in [-0.25, -0.2) is 0 Å². The Morgan fingerprint density at radius 1 is 0.515 bits per heavy atom. The number of phosphoric ester groups is 1. The smallest absolute Gasteiger partial charge is 0.268 e. The normalized spacial score (nSPS) is 14.0. The Bertz CT molecular complexity index is 1080. The number of phosphoric acid groups is 1. The molecule has 1 amide bonds. The number of amides is 1. The highest BCUT2D eigenvalue weighted by molar-refractivity contribution is 7.45. The van der Waals surface area contributed by atoms with E-state index >= 15 is 0 Å². The van der Waals surface area contributed by atoms with Gasteiger partial charge in [-0.3, -0.25) is 9.36 Å². The van der Waals surface area contributed by atoms with Crippen molar-refractivity contribution in [2.24, 2.45) is 0 Å². The summed E-state index contributed by atoms with van der Waals surface area (Å²) in [7, 11) is 1.28. The third-order valence-electron chi connectivity index (χ3n) is 13.5. The van der Waals surface area contributed by atoms with Crippen LogP contribution in [0, 0.1) is 0 Å². The van der Waals surface area contributed by atoms with E-state index in [0.717, 1.165) is 38.5 Å². The van der Waals surface area contributed by atoms with Crippen molar-refractivity contribution in [2.75, 3.05) is 40.9 Å². The number of nitrogens with zero attached hydrogens (tertiary/aromatic N) is 1. The lowest BCUT2D eigenvalue weighted by atomic mass is 10.0. The lowest BCUT2D eigenvalue weighted by Crippen LogP contribution is -2.45. The van der Waals surface area contributed by atoms with Crippen LogP contribution in [0.5, 0.6) is 0 Å². The average Bonchev–Trinajstić information content (AvgIpc) is 3.28. The first-order chi connectivity index (χ1) is 32.0. The maximum absolute atomic E-state index is 13.0. The maximum atomic E-state index is 13.0. The van der Waals surface area contributed by atoms with E-state index in [1.165, 1.54) is 238 Å². The monoisotopic (exact) mass is 955 g/mol. The Labute approximate surface area is 412 Å². The van der Waals surface area contributed by atoms with Gasteiger partial charge in [0.2, 0.25) is 5.91 Å². The molecule has 0 rings (SSSR count). The molecule has 0 aromatic rings. The van der Waals surface area contributed by atoms with E-state index in [9.17, 15) is 19.4 Å². The van der Waals surface area contributed by atoms with Crippen LogP contribution in [0.2, 0.25) is 0 Å². The molecule has 0 aliphatic carbocycles. The maximum Gasteiger partial charge on any atom is 0.268 e. The van der Waals surface area contributed by atoms with E-state index in [-0.39, 0.29) is 19.1 Å². The summed E-state index contributed by atoms with van der Waals surface area (Å²) < 4.78 is 23.4. The zero-order valence-corrected chi connectivity index (χ0v) is 45.8. The van der Waals surface area contributed by atoms with Crippen molar-refractivity contribution in [3.8, 4) is 0 Å². The topological polar surface area (TPSA) is 108 Å². The Morgan fingerprint density at radius 2 is 0.818 bits per heavy atom. The second-order valence-corrected chi connectivity index (χ2v) is 22.8. The van der Waals surface area contributed by atoms with Gasteiger partial charge in [-0.2, -0.15) is 0 Å². The lowest BCUT2D eigenvalue weighted by Gasteiger charge is -2.29. The Balaban J connectivity index is 4.18. The molecule has 0 radical (unpaired) electrons. The number of allylic oxidation sites excluding steroid dienone is 1. The minimum atomic E-state index is -4.59. The number of hydrogen-bond acceptors (Lipinski definition) is 6. The van der Waals surface area contributed by atoms with Gasteiger partial charge in [0.05, 0.1) is 39.9 Å². The number of carbonyl (C=O) groups is 1. The second-order valence-electron chi connectivity index (χ2n) is 21.4. The molecule has 0 aliphatic heterocycles. The van der Waals surface area contributed by atoms with Crippen molar-refractivity contribution in [1.29, 1.82) is 0 Å². The van der Waals surface area contributed by atoms with E-state index in [2.05, 4.69) is 19.2 Å². The van der Waals surface area contributed by atoms with Crippen LogP contribution in [-0.2, 0) is 18.4 Å². The number of likely N-dealkylation sites (N-methyl/N-ethyl adjacent to an activating group) is 1. The fourth-order valence-corrected chi connectivity index (χ4v) is 9.64. The number of aliphatic hydroxyl groups is 1. The summed E-state index contributed by atoms with van der Waals surface area (Å²) in [5.74, 6) is -0.190. The Morgan fingerprint density at radius 3 is 1.14 bits per heavy atom. The molecule has 0 saturated carbocycles. The van der Waals surface area contributed by atoms with E-state index in [1.807, 2.05) is 27.2 Å². The summed E-state index contributed by atoms with van der Waals surface area (Å²) in [6.45, 7) is 4.70. The molecule has 0 bridgehead atoms. The van der Waals surface area contributed by atoms with E-state index in [0.29, 0.717) is 17.4 Å². The van der Waals surface area contributed by atoms with Gasteiger partial charge < -0.3 is 28.8 Å². The molecule has 8 nitrogen and oxygen atoms in total. The van der Waals surface area contributed by atoms with Gasteiger partial charge in [0.15, 0.2) is 0 Å². The van der Waals surface area contributed by atoms with Crippen molar-refractivity contribution >= 4 is 13.7 Å². The summed E-state index contributed by atoms with van der Waals surface area (Å²) in [5, 5.41) is 13.9. The fraction of sp³-hybridized carbons (Fsp3) is 0.947. The summed E-state index contributed by atoms with van der Waals surface area (Å²) in [4.78, 5) is 25.5. The third kappa shape index (κ3) is 51.1. The quantitative estimate of drug-likeness (QED) is 0.0272. The molecule has 0 fully saturated rings. The summed E-state index contributed by atoms with van der Waals surface area (Å²) in [5.41, 5.74) is 0. The average molecular weight is 956 g/mol. The number of unbranched alkanes of at least 4 members (excludes halogenated alkanes) is 41. The number of nitrogens with one attached hydrogen (secondary N) is 1. The number of aliphatic hydroxyl groups excluding tert-OH is 1. The molecule has 0 heterocycles. The molecule has 0 aliphatic rings. The summed E-state index contributed by atoms with van der Waals surface area (Å²) >= 11 is 0. The van der Waals surface area contributed by atoms with Crippen LogP contribution < -0.4 is 10.2 Å². The minimum absolute atomic E-state index is 0.00272. The number of carbonyl (C=O) groups excluding carboxylic acids is 1. The third-order valence-corrected chi connectivity index (χ3v) is 14.5. The fourth-order valence-electron chi connectivity index (χ4n) is 8.92. The van der Waals surface area contributed by atoms with E-state index < -0.39 is 20.0 Å². The van der Waals surface area contributed by atoms with Crippen molar-refractivity contribution in [3.05, 3.63) is 12.2 Å². The van der Waals surface area contributed by atoms with Crippen LogP contribution in [0.25, 0.3) is 0 Å². The molecule has 66 heavy (non-hydrogen) atoms. The van der Waals surface area contributed by atoms with Gasteiger partial charge in [0.25, 0.3) is 7.82 Å². The molecule has 0 spiro atoms. The zero-order chi connectivity index (χ0) is 48.5. The summed E-state index contributed by atoms with van der Waals surface area (Å²) in [6.07, 6.45) is 60.0. The van der Waals surface area contributed by atoms with E-state index in [4.69, 9.17) is 9.05 Å². The van der Waals surface area contributed by atoms with Crippen molar-refractivity contribution in [1.82, 2.24) is 5.32 Å². The highest BCUT2D eigenvalue weighted by Gasteiger charge is 2.23. The number of quaternary nitrogens is 1. The largest absolute Gasteiger partial charge is 0.756 e. The zero-order valence-electron chi connectivity index (χ0n) is 44.9. The van der Waals surface area contributed by atoms with Gasteiger partial charge in [-0.1, -0.05) is 283 Å². The molecule has 0 aromatic carbocycles. The van der Waals surface area contributed by atoms with Crippen molar-refractivity contribution in [3.63, 3.8) is 0 Å². The molecule has 3 atom stereocenters. The van der Waals surface area contributed by atoms with E-state index in [1.54, 1.807) is 6.08 Å². The molecule has 3 unspecified atom stereocenters. The minimum Gasteiger partial charge on any atom is -0.756 e. The summed E-state index contributed by atoms with van der Waals surface area (Å²) in [6, 6.07) is -0.882. The van der Waals surface area contributed by atoms with Crippen LogP contribution in [-0.4, -0.2) is 68.5 Å². The number of hydrogen-bond donors (Lipinski definition) is 2. The molecule has 0 aromatic heterocycles. The van der Waals surface area contributed by atoms with Gasteiger partial charge >= 0.3 is 0 Å². The first kappa shape index (κ1) is 65.2. The second kappa shape index (κ2) is 49.2. The highest BCUT2D eigenvalue weighted by atomic mass is 31.2. The van der Waals surface area contributed by atoms with Crippen LogP contribution in [0.1, 0.15) is 296 Å². The van der Waals surface area contributed by atoms with Gasteiger partial charge in [0, 0.05) is 6.42 Å². The Kier molecular flexibility index (Phi) is 48.7. The van der Waals surface area contributed by atoms with Crippen molar-refractivity contribution in [2.45, 2.75) is 309 Å². The van der Waals surface area contributed by atoms with Crippen LogP contribution in [0.15, 0.2) is 12.2 Å². The SMILES string of the molecule is CCCCCCCCCCCCCCCCCCCCCCCC/C=C/C(O)C(COP(=O)([O-])OCC[N+](C)(C)C)NC(=O)CCCCCCCCCCCCCCCCCCCCCC. The first-order valence-electron chi connectivity index (χ1n) is 29.1. The molecular weight excluding hydrogens is 840 g/mol. The van der Waals surface area contributed by atoms with Gasteiger partial charge in [-0.15, -0.1) is 0 Å². The highest BCUT2D eigenvalue weighted by Crippen LogP contribution is 2.38. The van der Waals surface area contributed by atoms with Crippen LogP contribution in [0.3, 0.4) is 0 Å². The molecule has 2 N–H and O–H groups in total. The predicted octanol–water partition coefficient (Wildman–Crippen LogP) is 16.8. The van der Waals surface area contributed by atoms with Gasteiger partial charge in [-0.05, 0) is 19.3 Å². The first-order valence-corrected chi connectivity index (χ1v) is 30.5. The number of rotatable bonds is 54. The van der Waals surface area contributed by atoms with Crippen molar-refractivity contribution < 1.29 is 32.9 Å². The van der Waals surface area contributed by atoms with Crippen LogP contribution in [0.4, 0.5) is 0 Å². The standard InChI is InChI=1S/C57H115N2O6P/c1-6-8-10-12-14-16-18-20-22-24-26-28-29-30-31-32-34-36-38-40-42-44-46-48-50-56(60)55(54-65-66(62,63)64-53-52-59(3,4)5)58-57(61)51-49-47-45-43-41-39-37-35-33-27-25-23-21-19-17-15-13-11-9-7-2/h48,50,55-56,60H,6-47,49,51-54H2,1-5H3,(H-,58,61,62,63)/b50-48+. The molecule has 9 heteroatoms. The lowest BCUT2D eigenvalue weighted by molar-refractivity contribution is -0.870. The molecule has 0 saturated heterocycles. The predicted molar refractivity (Wildman–Crippen MR) is 284 cm³/mol. The van der Waals surface area contributed by atoms with Gasteiger partial charge in [0.1, 0.15) is 13.2 Å². The van der Waals surface area contributed by atoms with Crippen LogP contribution >= 0.6 is 7.82 Å². The molecular formula is C57H115N2O6P. The Hall–Kier alpha value is -0.760.